The van der Waals surface area contributed by atoms with E-state index in [1.807, 2.05) is 6.08 Å². The Morgan fingerprint density at radius 1 is 0.885 bits per heavy atom. The number of allylic oxidation sites excluding steroid dienone is 9. The van der Waals surface area contributed by atoms with Crippen molar-refractivity contribution in [3.05, 3.63) is 112 Å². The third-order valence-electron chi connectivity index (χ3n) is 6.14. The number of carbonyl (C=O) groups is 1. The molecule has 1 spiro atoms. The number of rotatable bonds is 0. The van der Waals surface area contributed by atoms with Crippen molar-refractivity contribution >= 4 is 23.0 Å². The SMILES string of the molecule is O=C1C=CC2=C(Cc3ccccc32)C12C=CC=C1C2=Cc2ccccc21. The smallest absolute Gasteiger partial charge is 0.174 e. The lowest BCUT2D eigenvalue weighted by atomic mass is 9.63. The van der Waals surface area contributed by atoms with Crippen molar-refractivity contribution < 1.29 is 4.79 Å². The van der Waals surface area contributed by atoms with Gasteiger partial charge in [0.15, 0.2) is 5.78 Å². The van der Waals surface area contributed by atoms with Gasteiger partial charge >= 0.3 is 0 Å². The summed E-state index contributed by atoms with van der Waals surface area (Å²) in [7, 11) is 0. The molecule has 0 fully saturated rings. The third-order valence-corrected chi connectivity index (χ3v) is 6.14. The summed E-state index contributed by atoms with van der Waals surface area (Å²) in [5, 5.41) is 0. The minimum absolute atomic E-state index is 0.171. The minimum atomic E-state index is -0.661. The van der Waals surface area contributed by atoms with E-state index in [4.69, 9.17) is 0 Å². The Bertz CT molecular complexity index is 1170. The molecule has 0 heterocycles. The first-order valence-electron chi connectivity index (χ1n) is 9.05. The number of benzene rings is 2. The Kier molecular flexibility index (Phi) is 2.54. The maximum atomic E-state index is 13.3. The molecule has 0 aromatic heterocycles. The maximum Gasteiger partial charge on any atom is 0.174 e. The Balaban J connectivity index is 1.62. The molecule has 1 atom stereocenters. The molecule has 6 rings (SSSR count). The van der Waals surface area contributed by atoms with Crippen LogP contribution < -0.4 is 0 Å². The molecule has 0 saturated heterocycles. The van der Waals surface area contributed by atoms with Gasteiger partial charge in [-0.3, -0.25) is 4.79 Å². The average Bonchev–Trinajstić information content (AvgIpc) is 3.24. The van der Waals surface area contributed by atoms with Crippen LogP contribution in [-0.2, 0) is 11.2 Å². The van der Waals surface area contributed by atoms with Crippen molar-refractivity contribution in [2.24, 2.45) is 5.41 Å². The number of hydrogen-bond donors (Lipinski definition) is 0. The standard InChI is InChI=1S/C25H16O/c26-24-12-11-21-19-9-4-2-7-17(19)15-23(21)25(24)13-5-10-20-18-8-3-1-6-16(18)14-22(20)25/h1-14H,15H2. The highest BCUT2D eigenvalue weighted by Gasteiger charge is 2.49. The molecule has 4 aliphatic rings. The van der Waals surface area contributed by atoms with E-state index in [2.05, 4.69) is 72.8 Å². The summed E-state index contributed by atoms with van der Waals surface area (Å²) in [5.41, 5.74) is 9.14. The van der Waals surface area contributed by atoms with Gasteiger partial charge in [0.05, 0.1) is 5.41 Å². The largest absolute Gasteiger partial charge is 0.293 e. The monoisotopic (exact) mass is 332 g/mol. The molecule has 4 aliphatic carbocycles. The lowest BCUT2D eigenvalue weighted by molar-refractivity contribution is -0.118. The normalized spacial score (nSPS) is 24.2. The van der Waals surface area contributed by atoms with E-state index >= 15 is 0 Å². The number of ketones is 1. The van der Waals surface area contributed by atoms with Crippen LogP contribution in [0.15, 0.2) is 90.1 Å². The summed E-state index contributed by atoms with van der Waals surface area (Å²) < 4.78 is 0. The molecule has 0 saturated carbocycles. The van der Waals surface area contributed by atoms with Gasteiger partial charge in [-0.15, -0.1) is 0 Å². The second-order valence-electron chi connectivity index (χ2n) is 7.32. The second-order valence-corrected chi connectivity index (χ2v) is 7.32. The number of hydrogen-bond acceptors (Lipinski definition) is 1. The second kappa shape index (κ2) is 4.70. The Labute approximate surface area is 152 Å². The predicted molar refractivity (Wildman–Crippen MR) is 105 cm³/mol. The van der Waals surface area contributed by atoms with Crippen molar-refractivity contribution in [2.75, 3.05) is 0 Å². The molecule has 0 bridgehead atoms. The van der Waals surface area contributed by atoms with E-state index in [9.17, 15) is 4.79 Å². The van der Waals surface area contributed by atoms with Gasteiger partial charge in [-0.2, -0.15) is 0 Å². The maximum absolute atomic E-state index is 13.3. The summed E-state index contributed by atoms with van der Waals surface area (Å²) >= 11 is 0. The Hall–Kier alpha value is -3.19. The molecule has 1 heteroatoms. The zero-order valence-corrected chi connectivity index (χ0v) is 14.2. The molecule has 1 unspecified atom stereocenters. The lowest BCUT2D eigenvalue weighted by Crippen LogP contribution is -2.35. The highest BCUT2D eigenvalue weighted by molar-refractivity contribution is 6.15. The molecule has 122 valence electrons. The summed E-state index contributed by atoms with van der Waals surface area (Å²) in [6, 6.07) is 16.9. The van der Waals surface area contributed by atoms with Crippen LogP contribution in [0.1, 0.15) is 22.3 Å². The van der Waals surface area contributed by atoms with Gasteiger partial charge < -0.3 is 0 Å². The topological polar surface area (TPSA) is 17.1 Å². The van der Waals surface area contributed by atoms with Crippen LogP contribution >= 0.6 is 0 Å². The van der Waals surface area contributed by atoms with Crippen molar-refractivity contribution in [1.29, 1.82) is 0 Å². The fourth-order valence-corrected chi connectivity index (χ4v) is 4.98. The first kappa shape index (κ1) is 14.0. The minimum Gasteiger partial charge on any atom is -0.293 e. The van der Waals surface area contributed by atoms with Crippen molar-refractivity contribution in [3.8, 4) is 0 Å². The first-order chi connectivity index (χ1) is 12.8. The fraction of sp³-hybridized carbons (Fsp3) is 0.0800. The van der Waals surface area contributed by atoms with Crippen LogP contribution in [0.5, 0.6) is 0 Å². The van der Waals surface area contributed by atoms with Crippen molar-refractivity contribution in [2.45, 2.75) is 6.42 Å². The molecule has 0 amide bonds. The van der Waals surface area contributed by atoms with Gasteiger partial charge in [0.1, 0.15) is 0 Å². The van der Waals surface area contributed by atoms with Crippen LogP contribution in [0.4, 0.5) is 0 Å². The average molecular weight is 332 g/mol. The molecule has 26 heavy (non-hydrogen) atoms. The summed E-state index contributed by atoms with van der Waals surface area (Å²) in [4.78, 5) is 13.3. The third kappa shape index (κ3) is 1.54. The first-order valence-corrected chi connectivity index (χ1v) is 9.05. The Morgan fingerprint density at radius 3 is 2.62 bits per heavy atom. The molecule has 2 aromatic carbocycles. The van der Waals surface area contributed by atoms with E-state index < -0.39 is 5.41 Å². The summed E-state index contributed by atoms with van der Waals surface area (Å²) in [6.45, 7) is 0. The van der Waals surface area contributed by atoms with Gasteiger partial charge in [0.25, 0.3) is 0 Å². The molecular formula is C25H16O. The zero-order valence-electron chi connectivity index (χ0n) is 14.2. The van der Waals surface area contributed by atoms with E-state index in [1.54, 1.807) is 6.08 Å². The highest BCUT2D eigenvalue weighted by atomic mass is 16.1. The van der Waals surface area contributed by atoms with Crippen molar-refractivity contribution in [3.63, 3.8) is 0 Å². The van der Waals surface area contributed by atoms with Crippen LogP contribution in [0.3, 0.4) is 0 Å². The lowest BCUT2D eigenvalue weighted by Gasteiger charge is -2.37. The van der Waals surface area contributed by atoms with Gasteiger partial charge in [0.2, 0.25) is 0 Å². The van der Waals surface area contributed by atoms with E-state index in [0.717, 1.165) is 12.0 Å². The zero-order chi connectivity index (χ0) is 17.3. The van der Waals surface area contributed by atoms with Crippen LogP contribution in [-0.4, -0.2) is 5.78 Å². The number of carbonyl (C=O) groups excluding carboxylic acids is 1. The van der Waals surface area contributed by atoms with Crippen LogP contribution in [0, 0.1) is 5.41 Å². The molecule has 1 nitrogen and oxygen atoms in total. The molecule has 2 aromatic rings. The van der Waals surface area contributed by atoms with Crippen LogP contribution in [0.25, 0.3) is 17.2 Å². The van der Waals surface area contributed by atoms with Gasteiger partial charge in [-0.05, 0) is 63.1 Å². The summed E-state index contributed by atoms with van der Waals surface area (Å²) in [6.07, 6.45) is 13.2. The number of fused-ring (bicyclic) bond motifs is 7. The van der Waals surface area contributed by atoms with Crippen molar-refractivity contribution in [1.82, 2.24) is 0 Å². The molecule has 0 aliphatic heterocycles. The van der Waals surface area contributed by atoms with Crippen LogP contribution in [0.2, 0.25) is 0 Å². The predicted octanol–water partition coefficient (Wildman–Crippen LogP) is 5.17. The quantitative estimate of drug-likeness (QED) is 0.650. The highest BCUT2D eigenvalue weighted by Crippen LogP contribution is 2.57. The van der Waals surface area contributed by atoms with E-state index in [0.29, 0.717) is 0 Å². The molecular weight excluding hydrogens is 316 g/mol. The summed E-state index contributed by atoms with van der Waals surface area (Å²) in [5.74, 6) is 0.171. The van der Waals surface area contributed by atoms with E-state index in [-0.39, 0.29) is 5.78 Å². The van der Waals surface area contributed by atoms with Gasteiger partial charge in [-0.25, -0.2) is 0 Å². The van der Waals surface area contributed by atoms with Gasteiger partial charge in [0, 0.05) is 0 Å². The molecule has 0 N–H and O–H groups in total. The fourth-order valence-electron chi connectivity index (χ4n) is 4.98. The van der Waals surface area contributed by atoms with E-state index in [1.165, 1.54) is 39.0 Å². The molecule has 0 radical (unpaired) electrons. The van der Waals surface area contributed by atoms with Gasteiger partial charge in [-0.1, -0.05) is 72.8 Å². The Morgan fingerprint density at radius 2 is 1.69 bits per heavy atom.